The number of anilines is 1. The molecular weight excluding hydrogens is 323 g/mol. The van der Waals surface area contributed by atoms with Crippen LogP contribution >= 0.6 is 0 Å². The summed E-state index contributed by atoms with van der Waals surface area (Å²) in [5, 5.41) is 8.23. The Balaban J connectivity index is 2.19. The molecule has 0 saturated carbocycles. The van der Waals surface area contributed by atoms with Crippen molar-refractivity contribution in [1.82, 2.24) is 15.5 Å². The van der Waals surface area contributed by atoms with Crippen molar-refractivity contribution < 1.29 is 17.6 Å². The number of amides is 1. The van der Waals surface area contributed by atoms with E-state index in [9.17, 15) is 17.6 Å². The van der Waals surface area contributed by atoms with Crippen LogP contribution in [0.3, 0.4) is 0 Å². The number of nitrogens with zero attached hydrogens (tertiary/aromatic N) is 1. The molecular formula is C14H17FN4O3S. The number of hydrogen-bond acceptors (Lipinski definition) is 4. The van der Waals surface area contributed by atoms with E-state index in [-0.39, 0.29) is 16.3 Å². The van der Waals surface area contributed by atoms with Crippen molar-refractivity contribution in [2.45, 2.75) is 24.8 Å². The molecule has 0 aliphatic carbocycles. The third-order valence-electron chi connectivity index (χ3n) is 3.03. The zero-order valence-electron chi connectivity index (χ0n) is 12.5. The third kappa shape index (κ3) is 4.28. The quantitative estimate of drug-likeness (QED) is 0.669. The standard InChI is InChI=1S/C14H17FN4O3S/c1-2-3-8-16-13(20)12-9-17-18-14(12)23(21,22)19-11-6-4-10(15)5-7-11/h4-7,9,19H,2-3,8H2,1H3,(H,16,20)(H,17,18). The molecule has 0 radical (unpaired) electrons. The minimum absolute atomic E-state index is 0.0734. The molecule has 124 valence electrons. The minimum atomic E-state index is -4.04. The monoisotopic (exact) mass is 340 g/mol. The summed E-state index contributed by atoms with van der Waals surface area (Å²) in [6, 6.07) is 4.82. The third-order valence-corrected chi connectivity index (χ3v) is 4.38. The van der Waals surface area contributed by atoms with Gasteiger partial charge in [0.1, 0.15) is 5.82 Å². The number of aromatic amines is 1. The molecule has 0 unspecified atom stereocenters. The molecule has 1 heterocycles. The number of halogens is 1. The summed E-state index contributed by atoms with van der Waals surface area (Å²) in [7, 11) is -4.04. The fraction of sp³-hybridized carbons (Fsp3) is 0.286. The summed E-state index contributed by atoms with van der Waals surface area (Å²) in [6.45, 7) is 2.43. The SMILES string of the molecule is CCCCNC(=O)c1cn[nH]c1S(=O)(=O)Nc1ccc(F)cc1. The van der Waals surface area contributed by atoms with Crippen LogP contribution in [0, 0.1) is 5.82 Å². The molecule has 1 aromatic heterocycles. The van der Waals surface area contributed by atoms with Gasteiger partial charge in [-0.25, -0.2) is 4.39 Å². The van der Waals surface area contributed by atoms with Gasteiger partial charge in [0.15, 0.2) is 5.03 Å². The van der Waals surface area contributed by atoms with E-state index in [1.54, 1.807) is 0 Å². The van der Waals surface area contributed by atoms with Gasteiger partial charge in [-0.15, -0.1) is 0 Å². The molecule has 2 rings (SSSR count). The van der Waals surface area contributed by atoms with E-state index >= 15 is 0 Å². The summed E-state index contributed by atoms with van der Waals surface area (Å²) >= 11 is 0. The van der Waals surface area contributed by atoms with E-state index in [0.717, 1.165) is 31.2 Å². The van der Waals surface area contributed by atoms with E-state index in [0.29, 0.717) is 6.54 Å². The van der Waals surface area contributed by atoms with Crippen molar-refractivity contribution in [3.05, 3.63) is 41.8 Å². The van der Waals surface area contributed by atoms with Crippen molar-refractivity contribution in [3.8, 4) is 0 Å². The first-order chi connectivity index (χ1) is 10.9. The first kappa shape index (κ1) is 16.9. The number of aromatic nitrogens is 2. The van der Waals surface area contributed by atoms with Crippen LogP contribution in [0.25, 0.3) is 0 Å². The lowest BCUT2D eigenvalue weighted by Crippen LogP contribution is -2.26. The highest BCUT2D eigenvalue weighted by molar-refractivity contribution is 7.92. The molecule has 2 aromatic rings. The molecule has 0 atom stereocenters. The van der Waals surface area contributed by atoms with Crippen LogP contribution in [0.5, 0.6) is 0 Å². The fourth-order valence-corrected chi connectivity index (χ4v) is 3.00. The van der Waals surface area contributed by atoms with Crippen molar-refractivity contribution in [2.75, 3.05) is 11.3 Å². The average Bonchev–Trinajstić information content (AvgIpc) is 3.00. The van der Waals surface area contributed by atoms with E-state index in [4.69, 9.17) is 0 Å². The summed E-state index contributed by atoms with van der Waals surface area (Å²) < 4.78 is 39.8. The molecule has 0 aliphatic heterocycles. The number of benzene rings is 1. The van der Waals surface area contributed by atoms with E-state index in [1.807, 2.05) is 6.92 Å². The highest BCUT2D eigenvalue weighted by Gasteiger charge is 2.25. The zero-order chi connectivity index (χ0) is 16.9. The van der Waals surface area contributed by atoms with Crippen LogP contribution in [0.1, 0.15) is 30.1 Å². The van der Waals surface area contributed by atoms with Gasteiger partial charge in [-0.05, 0) is 30.7 Å². The Labute approximate surface area is 133 Å². The minimum Gasteiger partial charge on any atom is -0.352 e. The molecule has 3 N–H and O–H groups in total. The Morgan fingerprint density at radius 3 is 2.65 bits per heavy atom. The van der Waals surface area contributed by atoms with Crippen molar-refractivity contribution in [1.29, 1.82) is 0 Å². The molecule has 0 aliphatic rings. The van der Waals surface area contributed by atoms with Crippen LogP contribution in [0.15, 0.2) is 35.5 Å². The molecule has 0 fully saturated rings. The van der Waals surface area contributed by atoms with Crippen LogP contribution < -0.4 is 10.0 Å². The van der Waals surface area contributed by atoms with Crippen molar-refractivity contribution in [2.24, 2.45) is 0 Å². The molecule has 0 saturated heterocycles. The summed E-state index contributed by atoms with van der Waals surface area (Å²) in [4.78, 5) is 12.0. The number of carbonyl (C=O) groups excluding carboxylic acids is 1. The molecule has 1 aromatic carbocycles. The molecule has 1 amide bonds. The largest absolute Gasteiger partial charge is 0.352 e. The maximum Gasteiger partial charge on any atom is 0.279 e. The highest BCUT2D eigenvalue weighted by Crippen LogP contribution is 2.17. The van der Waals surface area contributed by atoms with Gasteiger partial charge in [0, 0.05) is 12.2 Å². The van der Waals surface area contributed by atoms with Crippen LogP contribution in [0.2, 0.25) is 0 Å². The normalized spacial score (nSPS) is 11.2. The Bertz CT molecular complexity index is 772. The zero-order valence-corrected chi connectivity index (χ0v) is 13.3. The van der Waals surface area contributed by atoms with Gasteiger partial charge in [-0.3, -0.25) is 14.6 Å². The van der Waals surface area contributed by atoms with Gasteiger partial charge in [-0.2, -0.15) is 13.5 Å². The van der Waals surface area contributed by atoms with Crippen LogP contribution in [0.4, 0.5) is 10.1 Å². The van der Waals surface area contributed by atoms with E-state index in [1.165, 1.54) is 12.1 Å². The first-order valence-electron chi connectivity index (χ1n) is 7.04. The lowest BCUT2D eigenvalue weighted by atomic mass is 10.3. The molecule has 9 heteroatoms. The lowest BCUT2D eigenvalue weighted by molar-refractivity contribution is 0.0950. The second-order valence-corrected chi connectivity index (χ2v) is 6.45. The van der Waals surface area contributed by atoms with Gasteiger partial charge in [0.05, 0.1) is 11.8 Å². The Kier molecular flexibility index (Phi) is 5.32. The summed E-state index contributed by atoms with van der Waals surface area (Å²) in [5.74, 6) is -1.00. The summed E-state index contributed by atoms with van der Waals surface area (Å²) in [6.07, 6.45) is 2.85. The molecule has 0 spiro atoms. The second kappa shape index (κ2) is 7.23. The van der Waals surface area contributed by atoms with Gasteiger partial charge < -0.3 is 5.32 Å². The predicted molar refractivity (Wildman–Crippen MR) is 83.0 cm³/mol. The van der Waals surface area contributed by atoms with E-state index < -0.39 is 21.7 Å². The number of sulfonamides is 1. The van der Waals surface area contributed by atoms with E-state index in [2.05, 4.69) is 20.2 Å². The number of H-pyrrole nitrogens is 1. The topological polar surface area (TPSA) is 104 Å². The second-order valence-electron chi connectivity index (χ2n) is 4.83. The Morgan fingerprint density at radius 2 is 2.00 bits per heavy atom. The number of unbranched alkanes of at least 4 members (excludes halogenated alkanes) is 1. The van der Waals surface area contributed by atoms with Gasteiger partial charge in [0.2, 0.25) is 0 Å². The van der Waals surface area contributed by atoms with Gasteiger partial charge >= 0.3 is 0 Å². The number of hydrogen-bond donors (Lipinski definition) is 3. The first-order valence-corrected chi connectivity index (χ1v) is 8.52. The fourth-order valence-electron chi connectivity index (χ4n) is 1.84. The number of rotatable bonds is 7. The maximum atomic E-state index is 12.9. The highest BCUT2D eigenvalue weighted by atomic mass is 32.2. The Morgan fingerprint density at radius 1 is 1.30 bits per heavy atom. The lowest BCUT2D eigenvalue weighted by Gasteiger charge is -2.08. The number of nitrogens with one attached hydrogen (secondary N) is 3. The molecule has 23 heavy (non-hydrogen) atoms. The van der Waals surface area contributed by atoms with Gasteiger partial charge in [-0.1, -0.05) is 13.3 Å². The van der Waals surface area contributed by atoms with Crippen molar-refractivity contribution >= 4 is 21.6 Å². The number of carbonyl (C=O) groups is 1. The molecule has 0 bridgehead atoms. The molecule has 7 nitrogen and oxygen atoms in total. The van der Waals surface area contributed by atoms with Crippen molar-refractivity contribution in [3.63, 3.8) is 0 Å². The Hall–Kier alpha value is -2.42. The van der Waals surface area contributed by atoms with Crippen LogP contribution in [-0.4, -0.2) is 31.1 Å². The smallest absolute Gasteiger partial charge is 0.279 e. The average molecular weight is 340 g/mol. The predicted octanol–water partition coefficient (Wildman–Crippen LogP) is 1.88. The summed E-state index contributed by atoms with van der Waals surface area (Å²) in [5.41, 5.74) is 0.106. The van der Waals surface area contributed by atoms with Gasteiger partial charge in [0.25, 0.3) is 15.9 Å². The maximum absolute atomic E-state index is 12.9. The van der Waals surface area contributed by atoms with Crippen LogP contribution in [-0.2, 0) is 10.0 Å².